The molecule has 0 spiro atoms. The van der Waals surface area contributed by atoms with Gasteiger partial charge in [-0.3, -0.25) is 14.8 Å². The molecule has 13 heavy (non-hydrogen) atoms. The summed E-state index contributed by atoms with van der Waals surface area (Å²) in [6, 6.07) is 0. The summed E-state index contributed by atoms with van der Waals surface area (Å²) in [5, 5.41) is 2.24. The van der Waals surface area contributed by atoms with E-state index in [4.69, 9.17) is 0 Å². The number of carbonyl (C=O) groups is 1. The first-order chi connectivity index (χ1) is 6.40. The van der Waals surface area contributed by atoms with Crippen molar-refractivity contribution in [2.24, 2.45) is 0 Å². The van der Waals surface area contributed by atoms with Gasteiger partial charge >= 0.3 is 0 Å². The van der Waals surface area contributed by atoms with Gasteiger partial charge in [-0.2, -0.15) is 0 Å². The molecule has 5 heteroatoms. The van der Waals surface area contributed by atoms with Crippen LogP contribution < -0.4 is 0 Å². The zero-order valence-electron chi connectivity index (χ0n) is 6.54. The normalized spacial score (nSPS) is 9.85. The van der Waals surface area contributed by atoms with E-state index in [1.54, 1.807) is 24.0 Å². The Morgan fingerprint density at radius 3 is 2.85 bits per heavy atom. The molecule has 2 rings (SSSR count). The van der Waals surface area contributed by atoms with Gasteiger partial charge in [-0.05, 0) is 0 Å². The molecule has 0 fully saturated rings. The van der Waals surface area contributed by atoms with Gasteiger partial charge in [-0.25, -0.2) is 4.98 Å². The summed E-state index contributed by atoms with van der Waals surface area (Å²) in [5.74, 6) is 0. The van der Waals surface area contributed by atoms with Gasteiger partial charge < -0.3 is 0 Å². The van der Waals surface area contributed by atoms with Crippen molar-refractivity contribution in [1.29, 1.82) is 0 Å². The molecule has 2 aromatic rings. The number of hydrogen-bond donors (Lipinski definition) is 0. The van der Waals surface area contributed by atoms with Crippen LogP contribution in [-0.2, 0) is 0 Å². The van der Waals surface area contributed by atoms with Crippen molar-refractivity contribution in [3.05, 3.63) is 29.0 Å². The highest BCUT2D eigenvalue weighted by molar-refractivity contribution is 7.11. The SMILES string of the molecule is O=Cc1nc(-c2cnccn2)cs1. The molecular weight excluding hydrogens is 186 g/mol. The summed E-state index contributed by atoms with van der Waals surface area (Å²) in [6.07, 6.45) is 5.53. The van der Waals surface area contributed by atoms with E-state index >= 15 is 0 Å². The second-order valence-corrected chi connectivity index (χ2v) is 3.17. The Morgan fingerprint density at radius 1 is 1.31 bits per heavy atom. The van der Waals surface area contributed by atoms with E-state index in [2.05, 4.69) is 15.0 Å². The lowest BCUT2D eigenvalue weighted by Crippen LogP contribution is -1.84. The van der Waals surface area contributed by atoms with Crippen molar-refractivity contribution in [3.8, 4) is 11.4 Å². The smallest absolute Gasteiger partial charge is 0.178 e. The van der Waals surface area contributed by atoms with Gasteiger partial charge in [-0.1, -0.05) is 0 Å². The second-order valence-electron chi connectivity index (χ2n) is 2.28. The second kappa shape index (κ2) is 3.40. The predicted octanol–water partition coefficient (Wildman–Crippen LogP) is 1.41. The first-order valence-corrected chi connectivity index (χ1v) is 4.45. The van der Waals surface area contributed by atoms with Crippen LogP contribution in [0, 0.1) is 0 Å². The standard InChI is InChI=1S/C8H5N3OS/c12-4-8-11-7(5-13-8)6-3-9-1-2-10-6/h1-5H. The van der Waals surface area contributed by atoms with Crippen LogP contribution in [0.2, 0.25) is 0 Å². The lowest BCUT2D eigenvalue weighted by atomic mass is 10.4. The minimum absolute atomic E-state index is 0.459. The van der Waals surface area contributed by atoms with Crippen LogP contribution in [0.25, 0.3) is 11.4 Å². The molecular formula is C8H5N3OS. The largest absolute Gasteiger partial charge is 0.295 e. The lowest BCUT2D eigenvalue weighted by molar-refractivity contribution is 0.112. The molecule has 0 N–H and O–H groups in total. The van der Waals surface area contributed by atoms with E-state index in [1.165, 1.54) is 11.3 Å². The van der Waals surface area contributed by atoms with Gasteiger partial charge in [0.2, 0.25) is 0 Å². The fraction of sp³-hybridized carbons (Fsp3) is 0. The third-order valence-electron chi connectivity index (χ3n) is 1.45. The van der Waals surface area contributed by atoms with Crippen molar-refractivity contribution in [2.45, 2.75) is 0 Å². The predicted molar refractivity (Wildman–Crippen MR) is 48.5 cm³/mol. The molecule has 4 nitrogen and oxygen atoms in total. The molecule has 64 valence electrons. The molecule has 0 radical (unpaired) electrons. The average molecular weight is 191 g/mol. The molecule has 0 aromatic carbocycles. The maximum Gasteiger partial charge on any atom is 0.178 e. The van der Waals surface area contributed by atoms with Crippen molar-refractivity contribution in [3.63, 3.8) is 0 Å². The van der Waals surface area contributed by atoms with Gasteiger partial charge in [0.05, 0.1) is 6.20 Å². The molecule has 0 bridgehead atoms. The van der Waals surface area contributed by atoms with E-state index in [9.17, 15) is 4.79 Å². The number of aromatic nitrogens is 3. The van der Waals surface area contributed by atoms with Crippen molar-refractivity contribution in [1.82, 2.24) is 15.0 Å². The van der Waals surface area contributed by atoms with E-state index in [0.29, 0.717) is 16.4 Å². The third kappa shape index (κ3) is 1.59. The Balaban J connectivity index is 2.41. The summed E-state index contributed by atoms with van der Waals surface area (Å²) in [4.78, 5) is 22.4. The number of nitrogens with zero attached hydrogens (tertiary/aromatic N) is 3. The molecule has 2 heterocycles. The summed E-state index contributed by atoms with van der Waals surface area (Å²) in [6.45, 7) is 0. The van der Waals surface area contributed by atoms with Crippen LogP contribution in [0.4, 0.5) is 0 Å². The first kappa shape index (κ1) is 8.00. The quantitative estimate of drug-likeness (QED) is 0.673. The summed E-state index contributed by atoms with van der Waals surface area (Å²) in [7, 11) is 0. The number of thiazole rings is 1. The first-order valence-electron chi connectivity index (χ1n) is 3.57. The van der Waals surface area contributed by atoms with Gasteiger partial charge in [0.25, 0.3) is 0 Å². The maximum atomic E-state index is 10.4. The average Bonchev–Trinajstić information content (AvgIpc) is 2.67. The number of aldehydes is 1. The van der Waals surface area contributed by atoms with E-state index < -0.39 is 0 Å². The summed E-state index contributed by atoms with van der Waals surface area (Å²) in [5.41, 5.74) is 1.38. The molecule has 0 saturated heterocycles. The zero-order valence-corrected chi connectivity index (χ0v) is 7.36. The van der Waals surface area contributed by atoms with Crippen LogP contribution in [0.15, 0.2) is 24.0 Å². The molecule has 0 amide bonds. The van der Waals surface area contributed by atoms with Gasteiger partial charge in [0.15, 0.2) is 11.3 Å². The molecule has 0 unspecified atom stereocenters. The number of carbonyl (C=O) groups excluding carboxylic acids is 1. The highest BCUT2D eigenvalue weighted by Gasteiger charge is 2.03. The summed E-state index contributed by atoms with van der Waals surface area (Å²) >= 11 is 1.30. The Hall–Kier alpha value is -1.62. The summed E-state index contributed by atoms with van der Waals surface area (Å²) < 4.78 is 0. The zero-order chi connectivity index (χ0) is 9.10. The van der Waals surface area contributed by atoms with Crippen LogP contribution >= 0.6 is 11.3 Å². The lowest BCUT2D eigenvalue weighted by Gasteiger charge is -1.90. The van der Waals surface area contributed by atoms with E-state index in [0.717, 1.165) is 6.29 Å². The van der Waals surface area contributed by atoms with Crippen molar-refractivity contribution < 1.29 is 4.79 Å². The Bertz CT molecular complexity index is 412. The highest BCUT2D eigenvalue weighted by atomic mass is 32.1. The molecule has 0 atom stereocenters. The Kier molecular flexibility index (Phi) is 2.09. The van der Waals surface area contributed by atoms with E-state index in [-0.39, 0.29) is 0 Å². The molecule has 2 aromatic heterocycles. The van der Waals surface area contributed by atoms with Crippen LogP contribution in [0.5, 0.6) is 0 Å². The fourth-order valence-electron chi connectivity index (χ4n) is 0.891. The number of hydrogen-bond acceptors (Lipinski definition) is 5. The minimum atomic E-state index is 0.459. The van der Waals surface area contributed by atoms with Crippen LogP contribution in [-0.4, -0.2) is 21.2 Å². The van der Waals surface area contributed by atoms with Crippen LogP contribution in [0.1, 0.15) is 9.80 Å². The van der Waals surface area contributed by atoms with Crippen LogP contribution in [0.3, 0.4) is 0 Å². The molecule has 0 aliphatic rings. The van der Waals surface area contributed by atoms with Gasteiger partial charge in [0, 0.05) is 17.8 Å². The van der Waals surface area contributed by atoms with Gasteiger partial charge in [-0.15, -0.1) is 11.3 Å². The molecule has 0 aliphatic carbocycles. The maximum absolute atomic E-state index is 10.4. The third-order valence-corrected chi connectivity index (χ3v) is 2.22. The fourth-order valence-corrected chi connectivity index (χ4v) is 1.50. The van der Waals surface area contributed by atoms with Crippen molar-refractivity contribution >= 4 is 17.6 Å². The molecule has 0 aliphatic heterocycles. The monoisotopic (exact) mass is 191 g/mol. The minimum Gasteiger partial charge on any atom is -0.295 e. The Labute approximate surface area is 78.3 Å². The topological polar surface area (TPSA) is 55.7 Å². The Morgan fingerprint density at radius 2 is 2.23 bits per heavy atom. The number of rotatable bonds is 2. The molecule has 0 saturated carbocycles. The van der Waals surface area contributed by atoms with Gasteiger partial charge in [0.1, 0.15) is 11.4 Å². The van der Waals surface area contributed by atoms with E-state index in [1.807, 2.05) is 0 Å². The van der Waals surface area contributed by atoms with Crippen molar-refractivity contribution in [2.75, 3.05) is 0 Å². The highest BCUT2D eigenvalue weighted by Crippen LogP contribution is 2.17.